The lowest BCUT2D eigenvalue weighted by molar-refractivity contribution is -0.121. The number of aromatic nitrogens is 2. The Kier molecular flexibility index (Phi) is 4.72. The summed E-state index contributed by atoms with van der Waals surface area (Å²) in [6.07, 6.45) is 9.60. The van der Waals surface area contributed by atoms with Gasteiger partial charge in [0.1, 0.15) is 0 Å². The molecule has 0 atom stereocenters. The average molecular weight is 314 g/mol. The summed E-state index contributed by atoms with van der Waals surface area (Å²) in [5.74, 6) is 2.65. The molecule has 0 spiro atoms. The van der Waals surface area contributed by atoms with Crippen LogP contribution in [0, 0.1) is 12.3 Å². The van der Waals surface area contributed by atoms with E-state index in [2.05, 4.69) is 31.5 Å². The molecule has 1 aromatic rings. The Morgan fingerprint density at radius 3 is 3.04 bits per heavy atom. The summed E-state index contributed by atoms with van der Waals surface area (Å²) in [5.41, 5.74) is 0.865. The van der Waals surface area contributed by atoms with Crippen LogP contribution in [0.1, 0.15) is 31.4 Å². The quantitative estimate of drug-likeness (QED) is 0.732. The van der Waals surface area contributed by atoms with Crippen LogP contribution in [0.3, 0.4) is 0 Å². The van der Waals surface area contributed by atoms with Crippen molar-refractivity contribution in [1.29, 1.82) is 0 Å². The lowest BCUT2D eigenvalue weighted by atomic mass is 10.0. The molecule has 7 nitrogen and oxygen atoms in total. The van der Waals surface area contributed by atoms with Gasteiger partial charge in [-0.3, -0.25) is 14.4 Å². The second-order valence-electron chi connectivity index (χ2n) is 6.06. The molecule has 0 aliphatic carbocycles. The number of nitrogens with one attached hydrogen (secondary N) is 1. The molecule has 23 heavy (non-hydrogen) atoms. The molecule has 0 fully saturated rings. The molecule has 1 aromatic heterocycles. The largest absolute Gasteiger partial charge is 0.355 e. The van der Waals surface area contributed by atoms with E-state index in [0.717, 1.165) is 32.6 Å². The Hall–Kier alpha value is -2.20. The molecule has 7 heteroatoms. The van der Waals surface area contributed by atoms with E-state index >= 15 is 0 Å². The van der Waals surface area contributed by atoms with Crippen LogP contribution in [0.25, 0.3) is 0 Å². The van der Waals surface area contributed by atoms with Crippen molar-refractivity contribution in [3.8, 4) is 12.3 Å². The van der Waals surface area contributed by atoms with E-state index in [1.54, 1.807) is 0 Å². The first-order valence-corrected chi connectivity index (χ1v) is 8.08. The van der Waals surface area contributed by atoms with Crippen molar-refractivity contribution in [2.75, 3.05) is 19.6 Å². The number of hydrogen-bond acceptors (Lipinski definition) is 5. The first-order chi connectivity index (χ1) is 11.2. The maximum absolute atomic E-state index is 11.9. The van der Waals surface area contributed by atoms with Crippen LogP contribution in [0.5, 0.6) is 0 Å². The van der Waals surface area contributed by atoms with Gasteiger partial charge in [0.15, 0.2) is 5.66 Å². The van der Waals surface area contributed by atoms with Crippen molar-refractivity contribution in [1.82, 2.24) is 20.0 Å². The van der Waals surface area contributed by atoms with Crippen LogP contribution in [-0.2, 0) is 17.9 Å². The van der Waals surface area contributed by atoms with E-state index in [1.165, 1.54) is 5.69 Å². The number of amides is 1. The Morgan fingerprint density at radius 1 is 1.39 bits per heavy atom. The molecule has 1 amide bonds. The average Bonchev–Trinajstić information content (AvgIpc) is 3.18. The van der Waals surface area contributed by atoms with E-state index in [9.17, 15) is 4.79 Å². The molecule has 2 aliphatic heterocycles. The zero-order chi connectivity index (χ0) is 16.1. The van der Waals surface area contributed by atoms with Gasteiger partial charge in [-0.05, 0) is 6.07 Å². The number of carbonyl (C=O) groups excluding carboxylic acids is 1. The molecule has 0 saturated heterocycles. The molecular formula is C16H22N6O. The van der Waals surface area contributed by atoms with Gasteiger partial charge >= 0.3 is 0 Å². The Bertz CT molecular complexity index is 623. The number of hydrogen-bond donors (Lipinski definition) is 1. The van der Waals surface area contributed by atoms with Gasteiger partial charge in [-0.25, -0.2) is 0 Å². The predicted molar refractivity (Wildman–Crippen MR) is 85.4 cm³/mol. The number of fused-ring (bicyclic) bond motifs is 1. The summed E-state index contributed by atoms with van der Waals surface area (Å²) in [6, 6.07) is 2.04. The van der Waals surface area contributed by atoms with Gasteiger partial charge in [0, 0.05) is 58.1 Å². The third-order valence-electron chi connectivity index (χ3n) is 4.37. The number of terminal acetylenes is 1. The first-order valence-electron chi connectivity index (χ1n) is 8.08. The summed E-state index contributed by atoms with van der Waals surface area (Å²) >= 11 is 0. The van der Waals surface area contributed by atoms with Crippen LogP contribution in [0.2, 0.25) is 0 Å². The van der Waals surface area contributed by atoms with Crippen molar-refractivity contribution in [3.05, 3.63) is 18.0 Å². The number of nitrogens with zero attached hydrogens (tertiary/aromatic N) is 5. The van der Waals surface area contributed by atoms with Crippen LogP contribution >= 0.6 is 0 Å². The number of rotatable bonds is 8. The smallest absolute Gasteiger partial charge is 0.220 e. The summed E-state index contributed by atoms with van der Waals surface area (Å²) in [4.78, 5) is 14.3. The summed E-state index contributed by atoms with van der Waals surface area (Å²) in [5, 5.41) is 15.3. The predicted octanol–water partition coefficient (Wildman–Crippen LogP) is 1.17. The molecule has 0 aromatic carbocycles. The Morgan fingerprint density at radius 2 is 2.26 bits per heavy atom. The molecule has 1 N–H and O–H groups in total. The fourth-order valence-electron chi connectivity index (χ4n) is 2.85. The van der Waals surface area contributed by atoms with E-state index in [4.69, 9.17) is 6.42 Å². The van der Waals surface area contributed by atoms with Gasteiger partial charge in [-0.2, -0.15) is 15.3 Å². The fourth-order valence-corrected chi connectivity index (χ4v) is 2.85. The first kappa shape index (κ1) is 15.7. The summed E-state index contributed by atoms with van der Waals surface area (Å²) in [6.45, 7) is 4.30. The van der Waals surface area contributed by atoms with Gasteiger partial charge in [0.05, 0.1) is 12.2 Å². The Labute approximate surface area is 136 Å². The molecule has 0 saturated carbocycles. The van der Waals surface area contributed by atoms with E-state index in [1.807, 2.05) is 16.9 Å². The van der Waals surface area contributed by atoms with E-state index in [-0.39, 0.29) is 11.6 Å². The third kappa shape index (κ3) is 4.17. The highest BCUT2D eigenvalue weighted by Crippen LogP contribution is 2.37. The minimum atomic E-state index is -0.366. The van der Waals surface area contributed by atoms with Crippen LogP contribution in [0.4, 0.5) is 0 Å². The third-order valence-corrected chi connectivity index (χ3v) is 4.37. The van der Waals surface area contributed by atoms with E-state index < -0.39 is 0 Å². The van der Waals surface area contributed by atoms with Crippen molar-refractivity contribution >= 4 is 5.91 Å². The van der Waals surface area contributed by atoms with Crippen molar-refractivity contribution in [3.63, 3.8) is 0 Å². The van der Waals surface area contributed by atoms with Crippen LogP contribution < -0.4 is 5.32 Å². The van der Waals surface area contributed by atoms with Crippen LogP contribution in [-0.4, -0.2) is 45.9 Å². The highest BCUT2D eigenvalue weighted by atomic mass is 16.1. The van der Waals surface area contributed by atoms with Gasteiger partial charge < -0.3 is 5.32 Å². The highest BCUT2D eigenvalue weighted by Gasteiger charge is 2.39. The Balaban J connectivity index is 1.31. The highest BCUT2D eigenvalue weighted by molar-refractivity contribution is 5.75. The molecule has 0 unspecified atom stereocenters. The lowest BCUT2D eigenvalue weighted by Gasteiger charge is -2.27. The zero-order valence-electron chi connectivity index (χ0n) is 13.2. The van der Waals surface area contributed by atoms with Gasteiger partial charge in [0.2, 0.25) is 5.91 Å². The molecule has 122 valence electrons. The van der Waals surface area contributed by atoms with Crippen molar-refractivity contribution in [2.24, 2.45) is 10.2 Å². The van der Waals surface area contributed by atoms with E-state index in [0.29, 0.717) is 25.8 Å². The second kappa shape index (κ2) is 6.92. The minimum Gasteiger partial charge on any atom is -0.355 e. The second-order valence-corrected chi connectivity index (χ2v) is 6.06. The van der Waals surface area contributed by atoms with Crippen molar-refractivity contribution < 1.29 is 4.79 Å². The minimum absolute atomic E-state index is 0.0597. The van der Waals surface area contributed by atoms with Crippen LogP contribution in [0.15, 0.2) is 22.5 Å². The fraction of sp³-hybridized carbons (Fsp3) is 0.625. The monoisotopic (exact) mass is 314 g/mol. The topological polar surface area (TPSA) is 74.9 Å². The zero-order valence-corrected chi connectivity index (χ0v) is 13.2. The van der Waals surface area contributed by atoms with Gasteiger partial charge in [-0.15, -0.1) is 12.3 Å². The summed E-state index contributed by atoms with van der Waals surface area (Å²) < 4.78 is 2.04. The maximum Gasteiger partial charge on any atom is 0.220 e. The molecule has 2 aliphatic rings. The molecular weight excluding hydrogens is 292 g/mol. The van der Waals surface area contributed by atoms with Gasteiger partial charge in [0.25, 0.3) is 0 Å². The van der Waals surface area contributed by atoms with Crippen molar-refractivity contribution in [2.45, 2.75) is 44.4 Å². The maximum atomic E-state index is 11.9. The molecule has 0 radical (unpaired) electrons. The normalized spacial score (nSPS) is 18.2. The van der Waals surface area contributed by atoms with Gasteiger partial charge in [-0.1, -0.05) is 0 Å². The number of carbonyl (C=O) groups is 1. The lowest BCUT2D eigenvalue weighted by Crippen LogP contribution is -2.39. The SMILES string of the molecule is C#CCCC1(CCC(=O)NCCN2CCn3nccc3C2)N=N1. The molecule has 0 bridgehead atoms. The standard InChI is InChI=1S/C16H22N6O/c1-2-3-6-16(19-20-16)7-4-15(23)17-9-10-21-11-12-22-14(13-21)5-8-18-22/h1,5,8H,3-4,6-7,9-13H2,(H,17,23). The molecule has 3 heterocycles. The molecule has 3 rings (SSSR count). The summed E-state index contributed by atoms with van der Waals surface area (Å²) in [7, 11) is 0.